The number of benzene rings is 1. The lowest BCUT2D eigenvalue weighted by molar-refractivity contribution is -0.237. The minimum atomic E-state index is -5.51. The molecule has 0 radical (unpaired) electrons. The van der Waals surface area contributed by atoms with Gasteiger partial charge in [0.1, 0.15) is 0 Å². The Balaban J connectivity index is 2.58. The van der Waals surface area contributed by atoms with E-state index in [1.807, 2.05) is 0 Å². The molecule has 1 rings (SSSR count). The van der Waals surface area contributed by atoms with Crippen LogP contribution in [0.1, 0.15) is 0 Å². The van der Waals surface area contributed by atoms with Crippen molar-refractivity contribution in [3.8, 4) is 0 Å². The van der Waals surface area contributed by atoms with Gasteiger partial charge in [-0.1, -0.05) is 29.0 Å². The Hall–Kier alpha value is -0.430. The molecule has 0 nitrogen and oxygen atoms in total. The van der Waals surface area contributed by atoms with Gasteiger partial charge in [-0.15, -0.1) is 0 Å². The second kappa shape index (κ2) is 4.61. The molecule has 0 aliphatic rings. The van der Waals surface area contributed by atoms with E-state index in [2.05, 4.69) is 0 Å². The number of alkyl halides is 5. The summed E-state index contributed by atoms with van der Waals surface area (Å²) in [5, 5.41) is -4.73. The number of halogens is 5. The number of rotatable bonds is 3. The molecule has 0 aliphatic heterocycles. The lowest BCUT2D eigenvalue weighted by Gasteiger charge is -2.17. The van der Waals surface area contributed by atoms with E-state index in [9.17, 15) is 22.0 Å². The number of hydrogen-bond donors (Lipinski definition) is 0. The van der Waals surface area contributed by atoms with Gasteiger partial charge in [0, 0.05) is 4.90 Å². The van der Waals surface area contributed by atoms with Gasteiger partial charge < -0.3 is 0 Å². The Morgan fingerprint density at radius 1 is 0.867 bits per heavy atom. The zero-order chi connectivity index (χ0) is 11.5. The SMILES string of the molecule is FC(F)(F)C(F)(F)SSc1ccccc1. The normalized spacial score (nSPS) is 12.9. The first-order valence-corrected chi connectivity index (χ1v) is 5.83. The van der Waals surface area contributed by atoms with Crippen LogP contribution in [0, 0.1) is 0 Å². The average molecular weight is 260 g/mol. The van der Waals surface area contributed by atoms with Crippen molar-refractivity contribution in [1.29, 1.82) is 0 Å². The average Bonchev–Trinajstić information content (AvgIpc) is 2.15. The molecule has 0 amide bonds. The van der Waals surface area contributed by atoms with Crippen LogP contribution in [0.15, 0.2) is 35.2 Å². The standard InChI is InChI=1S/C8H5F5S2/c9-7(10,11)8(12,13)15-14-6-4-2-1-3-5-6/h1-5H. The summed E-state index contributed by atoms with van der Waals surface area (Å²) < 4.78 is 60.1. The van der Waals surface area contributed by atoms with Crippen molar-refractivity contribution >= 4 is 21.6 Å². The molecule has 0 fully saturated rings. The third-order valence-corrected chi connectivity index (χ3v) is 3.76. The van der Waals surface area contributed by atoms with E-state index in [1.165, 1.54) is 12.1 Å². The van der Waals surface area contributed by atoms with Crippen LogP contribution in [-0.2, 0) is 0 Å². The van der Waals surface area contributed by atoms with Crippen LogP contribution >= 0.6 is 21.6 Å². The summed E-state index contributed by atoms with van der Waals surface area (Å²) in [6.45, 7) is 0. The minimum absolute atomic E-state index is 0.353. The summed E-state index contributed by atoms with van der Waals surface area (Å²) >= 11 is 0. The molecule has 0 atom stereocenters. The van der Waals surface area contributed by atoms with Gasteiger partial charge in [0.15, 0.2) is 0 Å². The maximum absolute atomic E-state index is 12.4. The molecule has 0 N–H and O–H groups in total. The van der Waals surface area contributed by atoms with Gasteiger partial charge in [-0.3, -0.25) is 0 Å². The van der Waals surface area contributed by atoms with E-state index in [-0.39, 0.29) is 0 Å². The van der Waals surface area contributed by atoms with Crippen LogP contribution in [0.25, 0.3) is 0 Å². The zero-order valence-corrected chi connectivity index (χ0v) is 8.73. The minimum Gasteiger partial charge on any atom is -0.183 e. The van der Waals surface area contributed by atoms with Crippen molar-refractivity contribution in [1.82, 2.24) is 0 Å². The molecule has 1 aromatic carbocycles. The lowest BCUT2D eigenvalue weighted by atomic mass is 10.4. The summed E-state index contributed by atoms with van der Waals surface area (Å²) in [5.41, 5.74) is 0. The highest BCUT2D eigenvalue weighted by atomic mass is 33.1. The van der Waals surface area contributed by atoms with Crippen LogP contribution in [0.2, 0.25) is 0 Å². The first-order chi connectivity index (χ1) is 6.83. The zero-order valence-electron chi connectivity index (χ0n) is 7.09. The predicted octanol–water partition coefficient (Wildman–Crippen LogP) is 4.58. The molecule has 1 aromatic rings. The van der Waals surface area contributed by atoms with E-state index in [0.717, 1.165) is 0 Å². The first-order valence-electron chi connectivity index (χ1n) is 3.68. The first kappa shape index (κ1) is 12.6. The molecule has 15 heavy (non-hydrogen) atoms. The number of hydrogen-bond acceptors (Lipinski definition) is 2. The van der Waals surface area contributed by atoms with Gasteiger partial charge in [-0.2, -0.15) is 22.0 Å². The Labute approximate surface area is 90.6 Å². The smallest absolute Gasteiger partial charge is 0.183 e. The Morgan fingerprint density at radius 2 is 1.40 bits per heavy atom. The van der Waals surface area contributed by atoms with Crippen LogP contribution in [0.3, 0.4) is 0 Å². The Bertz CT molecular complexity index is 309. The maximum Gasteiger partial charge on any atom is 0.464 e. The molecule has 0 aliphatic carbocycles. The van der Waals surface area contributed by atoms with Crippen molar-refractivity contribution in [2.75, 3.05) is 0 Å². The van der Waals surface area contributed by atoms with E-state index in [1.54, 1.807) is 18.2 Å². The summed E-state index contributed by atoms with van der Waals surface area (Å²) in [7, 11) is -0.102. The van der Waals surface area contributed by atoms with Crippen molar-refractivity contribution in [2.24, 2.45) is 0 Å². The topological polar surface area (TPSA) is 0 Å². The molecule has 84 valence electrons. The summed E-state index contributed by atoms with van der Waals surface area (Å²) in [6.07, 6.45) is -5.51. The molecule has 0 heterocycles. The quantitative estimate of drug-likeness (QED) is 0.576. The van der Waals surface area contributed by atoms with E-state index in [0.29, 0.717) is 15.7 Å². The molecular weight excluding hydrogens is 255 g/mol. The molecule has 0 saturated carbocycles. The van der Waals surface area contributed by atoms with E-state index < -0.39 is 22.2 Å². The summed E-state index contributed by atoms with van der Waals surface area (Å²) in [5.74, 6) is 0. The highest BCUT2D eigenvalue weighted by Crippen LogP contribution is 2.51. The van der Waals surface area contributed by atoms with E-state index in [4.69, 9.17) is 0 Å². The second-order valence-corrected chi connectivity index (χ2v) is 4.81. The molecule has 0 bridgehead atoms. The fraction of sp³-hybridized carbons (Fsp3) is 0.250. The fourth-order valence-corrected chi connectivity index (χ4v) is 2.41. The molecule has 0 saturated heterocycles. The van der Waals surface area contributed by atoms with Crippen molar-refractivity contribution in [3.63, 3.8) is 0 Å². The van der Waals surface area contributed by atoms with Crippen LogP contribution < -0.4 is 0 Å². The predicted molar refractivity (Wildman–Crippen MR) is 50.9 cm³/mol. The van der Waals surface area contributed by atoms with Gasteiger partial charge in [-0.25, -0.2) is 0 Å². The molecule has 0 aromatic heterocycles. The highest BCUT2D eigenvalue weighted by molar-refractivity contribution is 8.77. The molecular formula is C8H5F5S2. The highest BCUT2D eigenvalue weighted by Gasteiger charge is 2.58. The molecule has 0 spiro atoms. The summed E-state index contributed by atoms with van der Waals surface area (Å²) in [4.78, 5) is 0.353. The fourth-order valence-electron chi connectivity index (χ4n) is 0.624. The van der Waals surface area contributed by atoms with Crippen molar-refractivity contribution in [2.45, 2.75) is 16.3 Å². The third-order valence-electron chi connectivity index (χ3n) is 1.32. The van der Waals surface area contributed by atoms with Crippen LogP contribution in [0.5, 0.6) is 0 Å². The third kappa shape index (κ3) is 3.57. The van der Waals surface area contributed by atoms with Crippen LogP contribution in [-0.4, -0.2) is 11.4 Å². The van der Waals surface area contributed by atoms with Gasteiger partial charge in [0.2, 0.25) is 0 Å². The largest absolute Gasteiger partial charge is 0.464 e. The van der Waals surface area contributed by atoms with E-state index >= 15 is 0 Å². The monoisotopic (exact) mass is 260 g/mol. The molecule has 0 unspecified atom stereocenters. The maximum atomic E-state index is 12.4. The second-order valence-electron chi connectivity index (χ2n) is 2.49. The Kier molecular flexibility index (Phi) is 3.88. The van der Waals surface area contributed by atoms with Gasteiger partial charge in [0.25, 0.3) is 0 Å². The lowest BCUT2D eigenvalue weighted by Crippen LogP contribution is -2.31. The molecule has 7 heteroatoms. The Morgan fingerprint density at radius 3 is 1.87 bits per heavy atom. The van der Waals surface area contributed by atoms with Crippen molar-refractivity contribution in [3.05, 3.63) is 30.3 Å². The van der Waals surface area contributed by atoms with Crippen LogP contribution in [0.4, 0.5) is 22.0 Å². The van der Waals surface area contributed by atoms with Gasteiger partial charge in [0.05, 0.1) is 0 Å². The summed E-state index contributed by atoms with van der Waals surface area (Å²) in [6, 6.07) is 7.70. The van der Waals surface area contributed by atoms with Gasteiger partial charge in [-0.05, 0) is 22.9 Å². The van der Waals surface area contributed by atoms with Crippen molar-refractivity contribution < 1.29 is 22.0 Å². The van der Waals surface area contributed by atoms with Gasteiger partial charge >= 0.3 is 11.4 Å².